The zero-order valence-electron chi connectivity index (χ0n) is 11.6. The fraction of sp³-hybridized carbons (Fsp3) is 1.00. The van der Waals surface area contributed by atoms with Gasteiger partial charge in [0.25, 0.3) is 0 Å². The Morgan fingerprint density at radius 1 is 1.35 bits per heavy atom. The third kappa shape index (κ3) is 6.36. The Balaban J connectivity index is 2.22. The third-order valence-electron chi connectivity index (χ3n) is 3.20. The average Bonchev–Trinajstić information content (AvgIpc) is 2.32. The highest BCUT2D eigenvalue weighted by atomic mass is 16.5. The summed E-state index contributed by atoms with van der Waals surface area (Å²) in [4.78, 5) is 2.36. The van der Waals surface area contributed by atoms with E-state index >= 15 is 0 Å². The first-order valence-corrected chi connectivity index (χ1v) is 6.80. The summed E-state index contributed by atoms with van der Waals surface area (Å²) >= 11 is 0. The van der Waals surface area contributed by atoms with Gasteiger partial charge < -0.3 is 19.7 Å². The van der Waals surface area contributed by atoms with E-state index in [1.54, 1.807) is 7.11 Å². The summed E-state index contributed by atoms with van der Waals surface area (Å²) in [6.45, 7) is 7.10. The van der Waals surface area contributed by atoms with Crippen molar-refractivity contribution in [2.24, 2.45) is 0 Å². The van der Waals surface area contributed by atoms with Crippen LogP contribution in [0.4, 0.5) is 0 Å². The van der Waals surface area contributed by atoms with E-state index < -0.39 is 0 Å². The van der Waals surface area contributed by atoms with E-state index in [-0.39, 0.29) is 6.10 Å². The van der Waals surface area contributed by atoms with Crippen LogP contribution in [0.3, 0.4) is 0 Å². The molecule has 0 amide bonds. The standard InChI is InChI=1S/C13H28N2O2/c1-4-7-14-10-13(11-16-3)17-12-5-8-15(2)9-6-12/h12-14H,4-11H2,1-3H3. The Kier molecular flexibility index (Phi) is 7.77. The Morgan fingerprint density at radius 3 is 2.65 bits per heavy atom. The van der Waals surface area contributed by atoms with Crippen LogP contribution in [0.2, 0.25) is 0 Å². The van der Waals surface area contributed by atoms with Crippen LogP contribution in [0.5, 0.6) is 0 Å². The molecular formula is C13H28N2O2. The van der Waals surface area contributed by atoms with Gasteiger partial charge in [-0.15, -0.1) is 0 Å². The molecular weight excluding hydrogens is 216 g/mol. The number of nitrogens with one attached hydrogen (secondary N) is 1. The Bertz CT molecular complexity index is 182. The minimum atomic E-state index is 0.194. The second-order valence-corrected chi connectivity index (χ2v) is 4.92. The summed E-state index contributed by atoms with van der Waals surface area (Å²) in [7, 11) is 3.91. The van der Waals surface area contributed by atoms with Crippen LogP contribution >= 0.6 is 0 Å². The van der Waals surface area contributed by atoms with Crippen molar-refractivity contribution in [2.45, 2.75) is 38.4 Å². The van der Waals surface area contributed by atoms with Gasteiger partial charge in [-0.1, -0.05) is 6.92 Å². The van der Waals surface area contributed by atoms with Gasteiger partial charge in [-0.05, 0) is 32.9 Å². The molecule has 1 aliphatic rings. The van der Waals surface area contributed by atoms with Crippen LogP contribution in [0.1, 0.15) is 26.2 Å². The number of ether oxygens (including phenoxy) is 2. The van der Waals surface area contributed by atoms with E-state index in [4.69, 9.17) is 9.47 Å². The molecule has 4 nitrogen and oxygen atoms in total. The number of nitrogens with zero attached hydrogens (tertiary/aromatic N) is 1. The van der Waals surface area contributed by atoms with Gasteiger partial charge in [-0.3, -0.25) is 0 Å². The van der Waals surface area contributed by atoms with E-state index in [9.17, 15) is 0 Å². The molecule has 17 heavy (non-hydrogen) atoms. The number of hydrogen-bond donors (Lipinski definition) is 1. The van der Waals surface area contributed by atoms with Crippen molar-refractivity contribution in [3.05, 3.63) is 0 Å². The Morgan fingerprint density at radius 2 is 2.06 bits per heavy atom. The molecule has 1 N–H and O–H groups in total. The lowest BCUT2D eigenvalue weighted by atomic mass is 10.1. The van der Waals surface area contributed by atoms with Gasteiger partial charge in [-0.2, -0.15) is 0 Å². The van der Waals surface area contributed by atoms with E-state index in [0.717, 1.165) is 45.4 Å². The monoisotopic (exact) mass is 244 g/mol. The second-order valence-electron chi connectivity index (χ2n) is 4.92. The van der Waals surface area contributed by atoms with Crippen LogP contribution in [-0.2, 0) is 9.47 Å². The molecule has 1 saturated heterocycles. The van der Waals surface area contributed by atoms with Crippen LogP contribution in [0.15, 0.2) is 0 Å². The molecule has 102 valence electrons. The minimum absolute atomic E-state index is 0.194. The van der Waals surface area contributed by atoms with Gasteiger partial charge in [0.2, 0.25) is 0 Å². The van der Waals surface area contributed by atoms with Gasteiger partial charge in [0.05, 0.1) is 18.8 Å². The van der Waals surface area contributed by atoms with Crippen LogP contribution in [-0.4, -0.2) is 64.1 Å². The summed E-state index contributed by atoms with van der Waals surface area (Å²) in [5.41, 5.74) is 0. The maximum Gasteiger partial charge on any atom is 0.0936 e. The van der Waals surface area contributed by atoms with Crippen molar-refractivity contribution >= 4 is 0 Å². The highest BCUT2D eigenvalue weighted by Gasteiger charge is 2.20. The number of methoxy groups -OCH3 is 1. The summed E-state index contributed by atoms with van der Waals surface area (Å²) < 4.78 is 11.3. The summed E-state index contributed by atoms with van der Waals surface area (Å²) in [5, 5.41) is 3.40. The molecule has 0 spiro atoms. The predicted molar refractivity (Wildman–Crippen MR) is 70.4 cm³/mol. The molecule has 1 atom stereocenters. The van der Waals surface area contributed by atoms with Crippen molar-refractivity contribution in [1.29, 1.82) is 0 Å². The Hall–Kier alpha value is -0.160. The summed E-state index contributed by atoms with van der Waals surface area (Å²) in [6.07, 6.45) is 4.05. The first-order valence-electron chi connectivity index (χ1n) is 6.80. The molecule has 0 aromatic heterocycles. The van der Waals surface area contributed by atoms with E-state index in [0.29, 0.717) is 12.7 Å². The van der Waals surface area contributed by atoms with Crippen molar-refractivity contribution in [3.8, 4) is 0 Å². The molecule has 1 heterocycles. The zero-order chi connectivity index (χ0) is 12.5. The van der Waals surface area contributed by atoms with Gasteiger partial charge in [0, 0.05) is 26.7 Å². The van der Waals surface area contributed by atoms with Gasteiger partial charge >= 0.3 is 0 Å². The predicted octanol–water partition coefficient (Wildman–Crippen LogP) is 1.11. The first-order chi connectivity index (χ1) is 8.26. The molecule has 0 bridgehead atoms. The number of rotatable bonds is 8. The van der Waals surface area contributed by atoms with Crippen molar-refractivity contribution < 1.29 is 9.47 Å². The molecule has 0 radical (unpaired) electrons. The molecule has 1 rings (SSSR count). The van der Waals surface area contributed by atoms with E-state index in [1.807, 2.05) is 0 Å². The van der Waals surface area contributed by atoms with E-state index in [1.165, 1.54) is 0 Å². The van der Waals surface area contributed by atoms with Crippen molar-refractivity contribution in [3.63, 3.8) is 0 Å². The SMILES string of the molecule is CCCNCC(COC)OC1CCN(C)CC1. The highest BCUT2D eigenvalue weighted by molar-refractivity contribution is 4.73. The maximum atomic E-state index is 6.11. The Labute approximate surface area is 106 Å². The lowest BCUT2D eigenvalue weighted by Gasteiger charge is -2.31. The normalized spacial score (nSPS) is 20.6. The van der Waals surface area contributed by atoms with Crippen molar-refractivity contribution in [2.75, 3.05) is 46.9 Å². The first kappa shape index (κ1) is 14.9. The lowest BCUT2D eigenvalue weighted by Crippen LogP contribution is -2.40. The molecule has 4 heteroatoms. The number of likely N-dealkylation sites (tertiary alicyclic amines) is 1. The third-order valence-corrected chi connectivity index (χ3v) is 3.20. The number of hydrogen-bond acceptors (Lipinski definition) is 4. The lowest BCUT2D eigenvalue weighted by molar-refractivity contribution is -0.0659. The van der Waals surface area contributed by atoms with Gasteiger partial charge in [-0.25, -0.2) is 0 Å². The zero-order valence-corrected chi connectivity index (χ0v) is 11.6. The van der Waals surface area contributed by atoms with Crippen molar-refractivity contribution in [1.82, 2.24) is 10.2 Å². The van der Waals surface area contributed by atoms with Crippen LogP contribution in [0.25, 0.3) is 0 Å². The maximum absolute atomic E-state index is 6.11. The van der Waals surface area contributed by atoms with Gasteiger partial charge in [0.1, 0.15) is 0 Å². The molecule has 0 aromatic carbocycles. The van der Waals surface area contributed by atoms with E-state index in [2.05, 4.69) is 24.2 Å². The molecule has 0 aromatic rings. The topological polar surface area (TPSA) is 33.7 Å². The molecule has 1 unspecified atom stereocenters. The molecule has 0 aliphatic carbocycles. The summed E-state index contributed by atoms with van der Waals surface area (Å²) in [6, 6.07) is 0. The van der Waals surface area contributed by atoms with Crippen LogP contribution < -0.4 is 5.32 Å². The second kappa shape index (κ2) is 8.86. The summed E-state index contributed by atoms with van der Waals surface area (Å²) in [5.74, 6) is 0. The smallest absolute Gasteiger partial charge is 0.0936 e. The highest BCUT2D eigenvalue weighted by Crippen LogP contribution is 2.14. The molecule has 1 aliphatic heterocycles. The average molecular weight is 244 g/mol. The fourth-order valence-corrected chi connectivity index (χ4v) is 2.17. The largest absolute Gasteiger partial charge is 0.382 e. The molecule has 1 fully saturated rings. The molecule has 0 saturated carbocycles. The number of piperidine rings is 1. The van der Waals surface area contributed by atoms with Gasteiger partial charge in [0.15, 0.2) is 0 Å². The fourth-order valence-electron chi connectivity index (χ4n) is 2.17. The van der Waals surface area contributed by atoms with Crippen LogP contribution in [0, 0.1) is 0 Å². The minimum Gasteiger partial charge on any atom is -0.382 e. The quantitative estimate of drug-likeness (QED) is 0.649.